The van der Waals surface area contributed by atoms with Gasteiger partial charge in [0.05, 0.1) is 7.11 Å². The second-order valence-electron chi connectivity index (χ2n) is 8.04. The van der Waals surface area contributed by atoms with Crippen molar-refractivity contribution in [1.29, 1.82) is 0 Å². The molecular weight excluding hydrogens is 360 g/mol. The summed E-state index contributed by atoms with van der Waals surface area (Å²) in [6.45, 7) is 5.19. The third kappa shape index (κ3) is 5.60. The van der Waals surface area contributed by atoms with E-state index < -0.39 is 0 Å². The van der Waals surface area contributed by atoms with Gasteiger partial charge in [-0.1, -0.05) is 75.2 Å². The Morgan fingerprint density at radius 3 is 1.97 bits per heavy atom. The molecule has 2 atom stereocenters. The Kier molecular flexibility index (Phi) is 7.70. The number of hydrogen-bond acceptors (Lipinski definition) is 3. The van der Waals surface area contributed by atoms with E-state index in [0.29, 0.717) is 0 Å². The number of ether oxygens (including phenoxy) is 1. The van der Waals surface area contributed by atoms with Gasteiger partial charge in [-0.15, -0.1) is 0 Å². The zero-order valence-corrected chi connectivity index (χ0v) is 17.9. The number of carbonyl (C=O) groups is 1. The molecule has 1 amide bonds. The number of hydrogen-bond donors (Lipinski definition) is 2. The predicted molar refractivity (Wildman–Crippen MR) is 118 cm³/mol. The van der Waals surface area contributed by atoms with Crippen LogP contribution in [-0.2, 0) is 17.6 Å². The minimum Gasteiger partial charge on any atom is -0.453 e. The van der Waals surface area contributed by atoms with Crippen LogP contribution in [0.3, 0.4) is 0 Å². The molecule has 29 heavy (non-hydrogen) atoms. The molecule has 0 radical (unpaired) electrons. The summed E-state index contributed by atoms with van der Waals surface area (Å²) in [6.07, 6.45) is 5.07. The lowest BCUT2D eigenvalue weighted by Crippen LogP contribution is -2.35. The van der Waals surface area contributed by atoms with Crippen LogP contribution in [0.25, 0.3) is 0 Å². The van der Waals surface area contributed by atoms with Crippen molar-refractivity contribution < 1.29 is 9.53 Å². The molecule has 1 saturated heterocycles. The molecule has 2 aromatic rings. The molecule has 4 heteroatoms. The molecule has 1 heterocycles. The molecule has 0 aromatic heterocycles. The second-order valence-corrected chi connectivity index (χ2v) is 8.04. The lowest BCUT2D eigenvalue weighted by atomic mass is 9.83. The maximum atomic E-state index is 11.6. The van der Waals surface area contributed by atoms with Gasteiger partial charge in [0.1, 0.15) is 0 Å². The fraction of sp³-hybridized carbons (Fsp3) is 0.480. The zero-order chi connectivity index (χ0) is 20.6. The Hall–Kier alpha value is -2.33. The van der Waals surface area contributed by atoms with Crippen molar-refractivity contribution in [3.8, 4) is 0 Å². The first-order valence-corrected chi connectivity index (χ1v) is 10.9. The van der Waals surface area contributed by atoms with E-state index >= 15 is 0 Å². The topological polar surface area (TPSA) is 50.4 Å². The minimum absolute atomic E-state index is 0.0914. The van der Waals surface area contributed by atoms with Gasteiger partial charge in [-0.05, 0) is 41.5 Å². The Morgan fingerprint density at radius 2 is 1.52 bits per heavy atom. The normalized spacial score (nSPS) is 18.8. The van der Waals surface area contributed by atoms with Crippen molar-refractivity contribution in [2.24, 2.45) is 0 Å². The molecular formula is C25H34N2O2. The summed E-state index contributed by atoms with van der Waals surface area (Å²) in [5.74, 6) is 0.255. The van der Waals surface area contributed by atoms with Crippen molar-refractivity contribution in [3.63, 3.8) is 0 Å². The summed E-state index contributed by atoms with van der Waals surface area (Å²) in [4.78, 5) is 11.6. The molecule has 2 aromatic carbocycles. The number of carbonyl (C=O) groups excluding carboxylic acids is 1. The molecule has 0 saturated carbocycles. The van der Waals surface area contributed by atoms with Crippen LogP contribution in [0.1, 0.15) is 61.3 Å². The van der Waals surface area contributed by atoms with Crippen LogP contribution < -0.4 is 10.6 Å². The summed E-state index contributed by atoms with van der Waals surface area (Å²) in [6, 6.07) is 18.5. The number of aryl methyl sites for hydroxylation is 2. The van der Waals surface area contributed by atoms with Gasteiger partial charge < -0.3 is 15.4 Å². The van der Waals surface area contributed by atoms with Gasteiger partial charge in [-0.3, -0.25) is 0 Å². The monoisotopic (exact) mass is 394 g/mol. The van der Waals surface area contributed by atoms with Crippen LogP contribution in [-0.4, -0.2) is 31.8 Å². The van der Waals surface area contributed by atoms with Crippen LogP contribution in [0.5, 0.6) is 0 Å². The van der Waals surface area contributed by atoms with Gasteiger partial charge in [0.15, 0.2) is 0 Å². The molecule has 2 unspecified atom stereocenters. The van der Waals surface area contributed by atoms with Crippen LogP contribution in [0.2, 0.25) is 0 Å². The molecule has 2 N–H and O–H groups in total. The van der Waals surface area contributed by atoms with Gasteiger partial charge in [-0.2, -0.15) is 0 Å². The SMILES string of the molecule is CCCc1ccc(C(c2ccc(CCC)cc2)C2CC(NC(=O)OC)CN2)cc1. The van der Waals surface area contributed by atoms with Crippen LogP contribution in [0.4, 0.5) is 4.79 Å². The van der Waals surface area contributed by atoms with Gasteiger partial charge in [0.2, 0.25) is 0 Å². The molecule has 0 aliphatic carbocycles. The quantitative estimate of drug-likeness (QED) is 0.675. The molecule has 1 fully saturated rings. The largest absolute Gasteiger partial charge is 0.453 e. The first kappa shape index (κ1) is 21.4. The minimum atomic E-state index is -0.359. The number of alkyl carbamates (subject to hydrolysis) is 1. The highest BCUT2D eigenvalue weighted by Crippen LogP contribution is 2.33. The van der Waals surface area contributed by atoms with Crippen molar-refractivity contribution in [1.82, 2.24) is 10.6 Å². The third-order valence-corrected chi connectivity index (χ3v) is 5.83. The second kappa shape index (κ2) is 10.4. The Bertz CT molecular complexity index is 721. The van der Waals surface area contributed by atoms with Gasteiger partial charge in [0.25, 0.3) is 0 Å². The highest BCUT2D eigenvalue weighted by molar-refractivity contribution is 5.67. The van der Waals surface area contributed by atoms with E-state index in [1.807, 2.05) is 0 Å². The maximum Gasteiger partial charge on any atom is 0.407 e. The molecule has 0 spiro atoms. The fourth-order valence-corrected chi connectivity index (χ4v) is 4.37. The van der Waals surface area contributed by atoms with Crippen LogP contribution in [0.15, 0.2) is 48.5 Å². The van der Waals surface area contributed by atoms with Gasteiger partial charge in [-0.25, -0.2) is 4.79 Å². The average molecular weight is 395 g/mol. The van der Waals surface area contributed by atoms with E-state index in [9.17, 15) is 4.79 Å². The van der Waals surface area contributed by atoms with Crippen LogP contribution in [0, 0.1) is 0 Å². The molecule has 1 aliphatic rings. The van der Waals surface area contributed by atoms with Crippen molar-refractivity contribution in [3.05, 3.63) is 70.8 Å². The summed E-state index contributed by atoms with van der Waals surface area (Å²) < 4.78 is 4.77. The third-order valence-electron chi connectivity index (χ3n) is 5.83. The standard InChI is InChI=1S/C25H34N2O2/c1-4-6-18-8-12-20(13-9-18)24(21-14-10-19(7-5-2)11-15-21)23-16-22(17-26-23)27-25(28)29-3/h8-15,22-24,26H,4-7,16-17H2,1-3H3,(H,27,28). The molecule has 156 valence electrons. The zero-order valence-electron chi connectivity index (χ0n) is 17.9. The number of nitrogens with one attached hydrogen (secondary N) is 2. The van der Waals surface area contributed by atoms with Crippen molar-refractivity contribution in [2.45, 2.75) is 64.0 Å². The first-order chi connectivity index (χ1) is 14.1. The van der Waals surface area contributed by atoms with E-state index in [4.69, 9.17) is 4.74 Å². The van der Waals surface area contributed by atoms with E-state index in [0.717, 1.165) is 38.6 Å². The Balaban J connectivity index is 1.84. The smallest absolute Gasteiger partial charge is 0.407 e. The molecule has 0 bridgehead atoms. The predicted octanol–water partition coefficient (Wildman–Crippen LogP) is 4.81. The number of amides is 1. The summed E-state index contributed by atoms with van der Waals surface area (Å²) in [7, 11) is 1.41. The highest BCUT2D eigenvalue weighted by Gasteiger charge is 2.33. The Labute approximate surface area is 175 Å². The highest BCUT2D eigenvalue weighted by atomic mass is 16.5. The van der Waals surface area contributed by atoms with Crippen molar-refractivity contribution in [2.75, 3.05) is 13.7 Å². The van der Waals surface area contributed by atoms with E-state index in [2.05, 4.69) is 73.0 Å². The molecule has 4 nitrogen and oxygen atoms in total. The van der Waals surface area contributed by atoms with E-state index in [1.54, 1.807) is 0 Å². The van der Waals surface area contributed by atoms with Crippen molar-refractivity contribution >= 4 is 6.09 Å². The first-order valence-electron chi connectivity index (χ1n) is 10.9. The lowest BCUT2D eigenvalue weighted by molar-refractivity contribution is 0.167. The lowest BCUT2D eigenvalue weighted by Gasteiger charge is -2.26. The van der Waals surface area contributed by atoms with Gasteiger partial charge >= 0.3 is 6.09 Å². The van der Waals surface area contributed by atoms with E-state index in [1.165, 1.54) is 29.4 Å². The number of rotatable bonds is 8. The maximum absolute atomic E-state index is 11.6. The van der Waals surface area contributed by atoms with Crippen LogP contribution >= 0.6 is 0 Å². The van der Waals surface area contributed by atoms with Gasteiger partial charge in [0, 0.05) is 24.5 Å². The summed E-state index contributed by atoms with van der Waals surface area (Å²) in [5, 5.41) is 6.59. The molecule has 3 rings (SSSR count). The molecule has 1 aliphatic heterocycles. The number of benzene rings is 2. The summed E-state index contributed by atoms with van der Waals surface area (Å²) >= 11 is 0. The van der Waals surface area contributed by atoms with E-state index in [-0.39, 0.29) is 24.1 Å². The number of methoxy groups -OCH3 is 1. The summed E-state index contributed by atoms with van der Waals surface area (Å²) in [5.41, 5.74) is 5.42. The average Bonchev–Trinajstić information content (AvgIpc) is 3.19. The Morgan fingerprint density at radius 1 is 1.00 bits per heavy atom. The fourth-order valence-electron chi connectivity index (χ4n) is 4.37.